The van der Waals surface area contributed by atoms with Gasteiger partial charge in [0.2, 0.25) is 5.95 Å². The molecule has 0 spiro atoms. The third-order valence-corrected chi connectivity index (χ3v) is 5.19. The van der Waals surface area contributed by atoms with Crippen LogP contribution in [0.2, 0.25) is 0 Å². The minimum absolute atomic E-state index is 0.236. The number of aromatic nitrogens is 4. The highest BCUT2D eigenvalue weighted by Crippen LogP contribution is 2.22. The zero-order chi connectivity index (χ0) is 20.1. The highest BCUT2D eigenvalue weighted by Gasteiger charge is 2.12. The van der Waals surface area contributed by atoms with Crippen molar-refractivity contribution in [2.45, 2.75) is 25.8 Å². The summed E-state index contributed by atoms with van der Waals surface area (Å²) in [6.07, 6.45) is 11.4. The lowest BCUT2D eigenvalue weighted by Crippen LogP contribution is -2.29. The first kappa shape index (κ1) is 19.3. The fraction of sp³-hybridized carbons (Fsp3) is 0.381. The van der Waals surface area contributed by atoms with Gasteiger partial charge in [-0.1, -0.05) is 24.6 Å². The highest BCUT2D eigenvalue weighted by molar-refractivity contribution is 5.66. The maximum atomic E-state index is 14.2. The van der Waals surface area contributed by atoms with Gasteiger partial charge < -0.3 is 10.1 Å². The van der Waals surface area contributed by atoms with Crippen LogP contribution in [0.1, 0.15) is 30.4 Å². The lowest BCUT2D eigenvalue weighted by atomic mass is 10.1. The summed E-state index contributed by atoms with van der Waals surface area (Å²) < 4.78 is 21.2. The molecule has 0 atom stereocenters. The smallest absolute Gasteiger partial charge is 0.210 e. The molecule has 0 radical (unpaired) electrons. The fourth-order valence-electron chi connectivity index (χ4n) is 3.63. The predicted molar refractivity (Wildman–Crippen MR) is 110 cm³/mol. The zero-order valence-corrected chi connectivity index (χ0v) is 16.5. The summed E-state index contributed by atoms with van der Waals surface area (Å²) in [4.78, 5) is 6.94. The SMILES string of the molecule is COc1cccc(F)c1CNc1ncc(/C=C/CN2CCCCC2)c2nncn12. The van der Waals surface area contributed by atoms with E-state index >= 15 is 0 Å². The van der Waals surface area contributed by atoms with Crippen LogP contribution in [-0.2, 0) is 6.54 Å². The molecule has 1 N–H and O–H groups in total. The third-order valence-electron chi connectivity index (χ3n) is 5.19. The lowest BCUT2D eigenvalue weighted by Gasteiger charge is -2.24. The van der Waals surface area contributed by atoms with E-state index in [-0.39, 0.29) is 12.4 Å². The average molecular weight is 396 g/mol. The summed E-state index contributed by atoms with van der Waals surface area (Å²) in [5.41, 5.74) is 2.05. The first-order valence-corrected chi connectivity index (χ1v) is 9.89. The Balaban J connectivity index is 1.49. The number of anilines is 1. The van der Waals surface area contributed by atoms with Crippen LogP contribution in [0.4, 0.5) is 10.3 Å². The second-order valence-corrected chi connectivity index (χ2v) is 7.10. The molecule has 1 aliphatic heterocycles. The summed E-state index contributed by atoms with van der Waals surface area (Å²) in [5.74, 6) is 0.715. The van der Waals surface area contributed by atoms with E-state index in [0.717, 1.165) is 25.2 Å². The van der Waals surface area contributed by atoms with Gasteiger partial charge in [0.05, 0.1) is 7.11 Å². The number of hydrogen-bond acceptors (Lipinski definition) is 6. The standard InChI is InChI=1S/C21H25FN6O/c1-29-19-9-5-8-18(22)17(19)14-24-21-23-13-16(20-26-25-15-28(20)21)7-6-12-27-10-3-2-4-11-27/h5-9,13,15H,2-4,10-12,14H2,1H3,(H,23,24)/b7-6+. The highest BCUT2D eigenvalue weighted by atomic mass is 19.1. The second kappa shape index (κ2) is 9.00. The molecule has 152 valence electrons. The predicted octanol–water partition coefficient (Wildman–Crippen LogP) is 3.38. The van der Waals surface area contributed by atoms with Gasteiger partial charge >= 0.3 is 0 Å². The Hall–Kier alpha value is -3.00. The number of nitrogens with one attached hydrogen (secondary N) is 1. The van der Waals surface area contributed by atoms with Gasteiger partial charge in [0.1, 0.15) is 17.9 Å². The molecule has 1 aromatic carbocycles. The van der Waals surface area contributed by atoms with Crippen LogP contribution >= 0.6 is 0 Å². The monoisotopic (exact) mass is 396 g/mol. The van der Waals surface area contributed by atoms with Gasteiger partial charge in [-0.05, 0) is 38.1 Å². The van der Waals surface area contributed by atoms with Gasteiger partial charge in [-0.3, -0.25) is 9.30 Å². The van der Waals surface area contributed by atoms with Crippen molar-refractivity contribution in [3.05, 3.63) is 53.7 Å². The van der Waals surface area contributed by atoms with Crippen LogP contribution in [0.25, 0.3) is 11.7 Å². The largest absolute Gasteiger partial charge is 0.496 e. The Labute approximate surface area is 169 Å². The molecule has 0 unspecified atom stereocenters. The maximum absolute atomic E-state index is 14.2. The maximum Gasteiger partial charge on any atom is 0.210 e. The van der Waals surface area contributed by atoms with Crippen molar-refractivity contribution in [2.75, 3.05) is 32.1 Å². The van der Waals surface area contributed by atoms with Crippen molar-refractivity contribution in [3.63, 3.8) is 0 Å². The van der Waals surface area contributed by atoms with Crippen LogP contribution in [-0.4, -0.2) is 51.2 Å². The first-order valence-electron chi connectivity index (χ1n) is 9.89. The van der Waals surface area contributed by atoms with E-state index in [1.807, 2.05) is 6.08 Å². The van der Waals surface area contributed by atoms with Gasteiger partial charge in [-0.15, -0.1) is 10.2 Å². The average Bonchev–Trinajstić information content (AvgIpc) is 3.25. The minimum Gasteiger partial charge on any atom is -0.496 e. The van der Waals surface area contributed by atoms with E-state index in [4.69, 9.17) is 4.74 Å². The minimum atomic E-state index is -0.325. The van der Waals surface area contributed by atoms with Crippen LogP contribution in [0.15, 0.2) is 36.8 Å². The number of likely N-dealkylation sites (tertiary alicyclic amines) is 1. The molecule has 7 nitrogen and oxygen atoms in total. The number of benzene rings is 1. The summed E-state index contributed by atoms with van der Waals surface area (Å²) in [6, 6.07) is 4.77. The molecule has 8 heteroatoms. The molecule has 0 amide bonds. The third kappa shape index (κ3) is 4.37. The number of halogens is 1. The molecule has 0 bridgehead atoms. The normalized spacial score (nSPS) is 15.2. The number of nitrogens with zero attached hydrogens (tertiary/aromatic N) is 5. The van der Waals surface area contributed by atoms with E-state index in [1.54, 1.807) is 29.1 Å². The van der Waals surface area contributed by atoms with Gasteiger partial charge in [-0.25, -0.2) is 9.37 Å². The Kier molecular flexibility index (Phi) is 6.00. The fourth-order valence-corrected chi connectivity index (χ4v) is 3.63. The quantitative estimate of drug-likeness (QED) is 0.660. The van der Waals surface area contributed by atoms with Crippen LogP contribution in [0.5, 0.6) is 5.75 Å². The molecule has 3 aromatic rings. The topological polar surface area (TPSA) is 67.6 Å². The molecular formula is C21H25FN6O. The molecular weight excluding hydrogens is 371 g/mol. The summed E-state index contributed by atoms with van der Waals surface area (Å²) in [7, 11) is 1.53. The molecule has 29 heavy (non-hydrogen) atoms. The molecule has 1 aliphatic rings. The van der Waals surface area contributed by atoms with E-state index in [1.165, 1.54) is 32.4 Å². The summed E-state index contributed by atoms with van der Waals surface area (Å²) >= 11 is 0. The summed E-state index contributed by atoms with van der Waals surface area (Å²) in [6.45, 7) is 3.48. The van der Waals surface area contributed by atoms with Gasteiger partial charge in [0.25, 0.3) is 0 Å². The first-order chi connectivity index (χ1) is 14.3. The van der Waals surface area contributed by atoms with Crippen molar-refractivity contribution in [1.82, 2.24) is 24.5 Å². The summed E-state index contributed by atoms with van der Waals surface area (Å²) in [5, 5.41) is 11.4. The second-order valence-electron chi connectivity index (χ2n) is 7.10. The Morgan fingerprint density at radius 1 is 1.24 bits per heavy atom. The number of piperidine rings is 1. The van der Waals surface area contributed by atoms with Crippen LogP contribution < -0.4 is 10.1 Å². The number of ether oxygens (including phenoxy) is 1. The molecule has 0 saturated carbocycles. The molecule has 3 heterocycles. The van der Waals surface area contributed by atoms with Crippen molar-refractivity contribution >= 4 is 17.7 Å². The van der Waals surface area contributed by atoms with Crippen molar-refractivity contribution in [3.8, 4) is 5.75 Å². The van der Waals surface area contributed by atoms with E-state index in [0.29, 0.717) is 22.9 Å². The Bertz CT molecular complexity index is 996. The van der Waals surface area contributed by atoms with Crippen molar-refractivity contribution in [2.24, 2.45) is 0 Å². The van der Waals surface area contributed by atoms with Gasteiger partial charge in [-0.2, -0.15) is 0 Å². The van der Waals surface area contributed by atoms with Crippen LogP contribution in [0.3, 0.4) is 0 Å². The number of hydrogen-bond donors (Lipinski definition) is 1. The molecule has 1 fully saturated rings. The van der Waals surface area contributed by atoms with E-state index in [9.17, 15) is 4.39 Å². The van der Waals surface area contributed by atoms with Crippen molar-refractivity contribution < 1.29 is 9.13 Å². The molecule has 1 saturated heterocycles. The Morgan fingerprint density at radius 2 is 2.10 bits per heavy atom. The van der Waals surface area contributed by atoms with E-state index in [2.05, 4.69) is 31.5 Å². The van der Waals surface area contributed by atoms with E-state index < -0.39 is 0 Å². The lowest BCUT2D eigenvalue weighted by molar-refractivity contribution is 0.252. The Morgan fingerprint density at radius 3 is 2.93 bits per heavy atom. The number of fused-ring (bicyclic) bond motifs is 1. The number of rotatable bonds is 7. The number of methoxy groups -OCH3 is 1. The van der Waals surface area contributed by atoms with Crippen LogP contribution in [0, 0.1) is 5.82 Å². The van der Waals surface area contributed by atoms with Gasteiger partial charge in [0, 0.05) is 30.4 Å². The molecule has 4 rings (SSSR count). The van der Waals surface area contributed by atoms with Gasteiger partial charge in [0.15, 0.2) is 5.65 Å². The zero-order valence-electron chi connectivity index (χ0n) is 16.5. The van der Waals surface area contributed by atoms with Crippen molar-refractivity contribution in [1.29, 1.82) is 0 Å². The molecule has 2 aromatic heterocycles. The molecule has 0 aliphatic carbocycles.